The lowest BCUT2D eigenvalue weighted by Gasteiger charge is -2.38. The zero-order valence-electron chi connectivity index (χ0n) is 16.2. The second kappa shape index (κ2) is 10.7. The van der Waals surface area contributed by atoms with Gasteiger partial charge in [0, 0.05) is 45.3 Å². The second-order valence-electron chi connectivity index (χ2n) is 7.03. The number of carbonyl (C=O) groups excluding carboxylic acids is 2. The molecule has 0 aromatic heterocycles. The highest BCUT2D eigenvalue weighted by Crippen LogP contribution is 2.08. The first-order chi connectivity index (χ1) is 11.4. The lowest BCUT2D eigenvalue weighted by atomic mass is 10.2. The van der Waals surface area contributed by atoms with E-state index in [1.165, 1.54) is 0 Å². The van der Waals surface area contributed by atoms with Crippen molar-refractivity contribution < 1.29 is 9.59 Å². The summed E-state index contributed by atoms with van der Waals surface area (Å²) in [6.07, 6.45) is 2.00. The summed E-state index contributed by atoms with van der Waals surface area (Å²) in [5, 5.41) is 2.97. The van der Waals surface area contributed by atoms with Gasteiger partial charge in [-0.1, -0.05) is 13.8 Å². The molecule has 1 rings (SSSR count). The van der Waals surface area contributed by atoms with Crippen LogP contribution in [0.25, 0.3) is 0 Å². The molecule has 6 nitrogen and oxygen atoms in total. The van der Waals surface area contributed by atoms with E-state index >= 15 is 0 Å². The van der Waals surface area contributed by atoms with Crippen LogP contribution in [0.15, 0.2) is 0 Å². The molecule has 2 amide bonds. The molecule has 6 heteroatoms. The van der Waals surface area contributed by atoms with Crippen LogP contribution >= 0.6 is 0 Å². The first-order valence-corrected chi connectivity index (χ1v) is 9.43. The van der Waals surface area contributed by atoms with E-state index in [9.17, 15) is 9.59 Å². The molecule has 0 aromatic rings. The molecule has 1 fully saturated rings. The zero-order chi connectivity index (χ0) is 18.1. The fraction of sp³-hybridized carbons (Fsp3) is 0.889. The standard InChI is InChI=1S/C18H36N4O2/c1-6-8-22(9-7-2)17(23)14-20-10-12-21(13-11-20)16(5)18(24)19-15(3)4/h15-16H,6-14H2,1-5H3,(H,19,24). The molecule has 1 heterocycles. The van der Waals surface area contributed by atoms with Gasteiger partial charge < -0.3 is 10.2 Å². The summed E-state index contributed by atoms with van der Waals surface area (Å²) in [6, 6.07) is 0.0592. The Kier molecular flexibility index (Phi) is 9.29. The van der Waals surface area contributed by atoms with Gasteiger partial charge in [0.05, 0.1) is 12.6 Å². The number of amides is 2. The van der Waals surface area contributed by atoms with Crippen molar-refractivity contribution in [3.63, 3.8) is 0 Å². The summed E-state index contributed by atoms with van der Waals surface area (Å²) < 4.78 is 0. The Hall–Kier alpha value is -1.14. The number of hydrogen-bond donors (Lipinski definition) is 1. The molecule has 1 aliphatic rings. The predicted molar refractivity (Wildman–Crippen MR) is 97.9 cm³/mol. The molecule has 1 aliphatic heterocycles. The Morgan fingerprint density at radius 2 is 1.54 bits per heavy atom. The molecule has 0 spiro atoms. The SMILES string of the molecule is CCCN(CCC)C(=O)CN1CCN(C(C)C(=O)NC(C)C)CC1. The van der Waals surface area contributed by atoms with Crippen molar-refractivity contribution in [3.05, 3.63) is 0 Å². The smallest absolute Gasteiger partial charge is 0.237 e. The van der Waals surface area contributed by atoms with E-state index in [0.717, 1.165) is 52.1 Å². The van der Waals surface area contributed by atoms with Crippen LogP contribution in [0.4, 0.5) is 0 Å². The first kappa shape index (κ1) is 20.9. The largest absolute Gasteiger partial charge is 0.353 e. The number of rotatable bonds is 9. The Labute approximate surface area is 147 Å². The molecule has 1 saturated heterocycles. The third-order valence-electron chi connectivity index (χ3n) is 4.46. The van der Waals surface area contributed by atoms with Crippen LogP contribution in [0.2, 0.25) is 0 Å². The van der Waals surface area contributed by atoms with E-state index in [1.54, 1.807) is 0 Å². The average Bonchev–Trinajstić information content (AvgIpc) is 2.54. The van der Waals surface area contributed by atoms with Crippen LogP contribution in [0.1, 0.15) is 47.5 Å². The number of nitrogens with one attached hydrogen (secondary N) is 1. The highest BCUT2D eigenvalue weighted by Gasteiger charge is 2.27. The fourth-order valence-electron chi connectivity index (χ4n) is 3.07. The Morgan fingerprint density at radius 3 is 2.00 bits per heavy atom. The van der Waals surface area contributed by atoms with Gasteiger partial charge in [0.25, 0.3) is 0 Å². The fourth-order valence-corrected chi connectivity index (χ4v) is 3.07. The number of nitrogens with zero attached hydrogens (tertiary/aromatic N) is 3. The minimum absolute atomic E-state index is 0.0894. The highest BCUT2D eigenvalue weighted by molar-refractivity contribution is 5.81. The summed E-state index contributed by atoms with van der Waals surface area (Å²) in [5.41, 5.74) is 0. The molecule has 1 atom stereocenters. The van der Waals surface area contributed by atoms with Crippen LogP contribution in [0.3, 0.4) is 0 Å². The van der Waals surface area contributed by atoms with E-state index in [4.69, 9.17) is 0 Å². The van der Waals surface area contributed by atoms with Gasteiger partial charge in [0.2, 0.25) is 11.8 Å². The molecule has 0 bridgehead atoms. The maximum absolute atomic E-state index is 12.4. The van der Waals surface area contributed by atoms with Crippen LogP contribution in [0, 0.1) is 0 Å². The highest BCUT2D eigenvalue weighted by atomic mass is 16.2. The molecule has 0 aromatic carbocycles. The summed E-state index contributed by atoms with van der Waals surface area (Å²) >= 11 is 0. The van der Waals surface area contributed by atoms with Crippen LogP contribution in [-0.4, -0.2) is 84.4 Å². The van der Waals surface area contributed by atoms with Crippen LogP contribution < -0.4 is 5.32 Å². The summed E-state index contributed by atoms with van der Waals surface area (Å²) in [7, 11) is 0. The minimum Gasteiger partial charge on any atom is -0.353 e. The van der Waals surface area contributed by atoms with Crippen molar-refractivity contribution in [1.82, 2.24) is 20.0 Å². The monoisotopic (exact) mass is 340 g/mol. The van der Waals surface area contributed by atoms with Gasteiger partial charge in [-0.25, -0.2) is 0 Å². The lowest BCUT2D eigenvalue weighted by Crippen LogP contribution is -2.55. The van der Waals surface area contributed by atoms with Crippen molar-refractivity contribution in [2.24, 2.45) is 0 Å². The Bertz CT molecular complexity index is 386. The molecule has 0 aliphatic carbocycles. The molecule has 24 heavy (non-hydrogen) atoms. The molecule has 1 N–H and O–H groups in total. The average molecular weight is 341 g/mol. The van der Waals surface area contributed by atoms with Crippen molar-refractivity contribution in [3.8, 4) is 0 Å². The van der Waals surface area contributed by atoms with Crippen LogP contribution in [0.5, 0.6) is 0 Å². The van der Waals surface area contributed by atoms with E-state index in [1.807, 2.05) is 25.7 Å². The number of carbonyl (C=O) groups is 2. The summed E-state index contributed by atoms with van der Waals surface area (Å²) in [4.78, 5) is 31.0. The Balaban J connectivity index is 2.42. The molecule has 0 saturated carbocycles. The lowest BCUT2D eigenvalue weighted by molar-refractivity contribution is -0.134. The minimum atomic E-state index is -0.109. The van der Waals surface area contributed by atoms with E-state index < -0.39 is 0 Å². The topological polar surface area (TPSA) is 55.9 Å². The summed E-state index contributed by atoms with van der Waals surface area (Å²) in [6.45, 7) is 15.7. The van der Waals surface area contributed by atoms with Gasteiger partial charge in [-0.05, 0) is 33.6 Å². The predicted octanol–water partition coefficient (Wildman–Crippen LogP) is 1.17. The second-order valence-corrected chi connectivity index (χ2v) is 7.03. The third kappa shape index (κ3) is 6.77. The van der Waals surface area contributed by atoms with Gasteiger partial charge in [-0.15, -0.1) is 0 Å². The molecular weight excluding hydrogens is 304 g/mol. The number of piperazine rings is 1. The summed E-state index contributed by atoms with van der Waals surface area (Å²) in [5.74, 6) is 0.323. The first-order valence-electron chi connectivity index (χ1n) is 9.43. The van der Waals surface area contributed by atoms with Crippen molar-refractivity contribution in [1.29, 1.82) is 0 Å². The van der Waals surface area contributed by atoms with Crippen LogP contribution in [-0.2, 0) is 9.59 Å². The third-order valence-corrected chi connectivity index (χ3v) is 4.46. The van der Waals surface area contributed by atoms with Gasteiger partial charge in [0.15, 0.2) is 0 Å². The van der Waals surface area contributed by atoms with E-state index in [2.05, 4.69) is 29.0 Å². The van der Waals surface area contributed by atoms with Crippen molar-refractivity contribution >= 4 is 11.8 Å². The Morgan fingerprint density at radius 1 is 1.00 bits per heavy atom. The van der Waals surface area contributed by atoms with Gasteiger partial charge in [-0.2, -0.15) is 0 Å². The van der Waals surface area contributed by atoms with Gasteiger partial charge in [0.1, 0.15) is 0 Å². The van der Waals surface area contributed by atoms with E-state index in [-0.39, 0.29) is 23.9 Å². The molecule has 1 unspecified atom stereocenters. The van der Waals surface area contributed by atoms with Crippen molar-refractivity contribution in [2.45, 2.75) is 59.5 Å². The quantitative estimate of drug-likeness (QED) is 0.684. The van der Waals surface area contributed by atoms with Gasteiger partial charge in [-0.3, -0.25) is 19.4 Å². The maximum Gasteiger partial charge on any atom is 0.237 e. The van der Waals surface area contributed by atoms with Gasteiger partial charge >= 0.3 is 0 Å². The van der Waals surface area contributed by atoms with Crippen molar-refractivity contribution in [2.75, 3.05) is 45.8 Å². The van der Waals surface area contributed by atoms with E-state index in [0.29, 0.717) is 6.54 Å². The normalized spacial score (nSPS) is 17.8. The maximum atomic E-state index is 12.4. The number of hydrogen-bond acceptors (Lipinski definition) is 4. The zero-order valence-corrected chi connectivity index (χ0v) is 16.2. The molecule has 0 radical (unpaired) electrons. The molecular formula is C18H36N4O2. The molecule has 140 valence electrons.